The zero-order valence-electron chi connectivity index (χ0n) is 46.6. The fourth-order valence-electron chi connectivity index (χ4n) is 8.66. The molecule has 3 aromatic heterocycles. The van der Waals surface area contributed by atoms with E-state index in [4.69, 9.17) is 53.8 Å². The summed E-state index contributed by atoms with van der Waals surface area (Å²) in [6, 6.07) is 32.0. The van der Waals surface area contributed by atoms with E-state index in [1.807, 2.05) is 65.4 Å². The van der Waals surface area contributed by atoms with Crippen LogP contribution in [-0.2, 0) is 33.3 Å². The molecule has 3 aromatic carbocycles. The number of likely N-dealkylation sites (N-methyl/N-ethyl adjacent to an activating group) is 1. The molecule has 4 aliphatic heterocycles. The molecule has 0 radical (unpaired) electrons. The molecule has 4 fully saturated rings. The van der Waals surface area contributed by atoms with E-state index < -0.39 is 24.4 Å². The van der Waals surface area contributed by atoms with E-state index >= 15 is 0 Å². The lowest BCUT2D eigenvalue weighted by Crippen LogP contribution is -2.41. The minimum atomic E-state index is -0.745. The third-order valence-electron chi connectivity index (χ3n) is 13.0. The predicted octanol–water partition coefficient (Wildman–Crippen LogP) is 8.80. The van der Waals surface area contributed by atoms with E-state index in [0.717, 1.165) is 28.4 Å². The molecule has 0 aliphatic carbocycles. The van der Waals surface area contributed by atoms with Crippen LogP contribution in [0.2, 0.25) is 13.0 Å². The first-order valence-electron chi connectivity index (χ1n) is 26.7. The number of rotatable bonds is 19. The van der Waals surface area contributed by atoms with Crippen molar-refractivity contribution in [3.63, 3.8) is 0 Å². The molecule has 3 atom stereocenters. The third-order valence-corrected chi connectivity index (χ3v) is 16.7. The maximum Gasteiger partial charge on any atom is 0.414 e. The number of hydrogen-bond donors (Lipinski definition) is 6. The number of aliphatic hydroxyl groups is 2. The number of nitrogens with zero attached hydrogens (tertiary/aromatic N) is 5. The molecular weight excluding hydrogens is 1370 g/mol. The number of hydrogen-bond acceptors (Lipinski definition) is 18. The molecule has 7 heterocycles. The quantitative estimate of drug-likeness (QED) is 0.0327. The minimum Gasteiger partial charge on any atom is -0.442 e. The van der Waals surface area contributed by atoms with Crippen molar-refractivity contribution in [2.75, 3.05) is 140 Å². The number of aliphatic hydroxyl groups excluding tert-OH is 2. The highest BCUT2D eigenvalue weighted by Gasteiger charge is 2.33. The van der Waals surface area contributed by atoms with Crippen LogP contribution in [0.15, 0.2) is 109 Å². The first-order chi connectivity index (χ1) is 41.5. The van der Waals surface area contributed by atoms with Gasteiger partial charge in [0.05, 0.1) is 72.8 Å². The molecule has 7 amide bonds. The van der Waals surface area contributed by atoms with Gasteiger partial charge in [-0.05, 0) is 114 Å². The number of ether oxygens (including phenoxy) is 4. The lowest BCUT2D eigenvalue weighted by atomic mass is 10.2. The lowest BCUT2D eigenvalue weighted by Gasteiger charge is -2.28. The Balaban J connectivity index is 0.000000235. The van der Waals surface area contributed by atoms with Gasteiger partial charge in [0.25, 0.3) is 35.4 Å². The summed E-state index contributed by atoms with van der Waals surface area (Å²) in [7, 11) is 1.86. The average molecular weight is 1440 g/mol. The van der Waals surface area contributed by atoms with Crippen LogP contribution in [0, 0.1) is 0 Å². The number of thiophene rings is 3. The van der Waals surface area contributed by atoms with Crippen molar-refractivity contribution in [2.45, 2.75) is 33.2 Å². The standard InChI is InChI=1S/C19H18ClN3O5S.C19H22ClN3O4S.C18H20ClN3O4S.CH3I.2CH4/c20-16-6-5-15(29-16)18(25)21-9-14-10-23(19(26)28-14)13-3-1-12(2-4-13)22-7-8-27-11-17(22)24;1-22(11-15(24)10-21-19(26)16-6-7-17(20)28-16)13-2-4-14(5-3-13)23-8-9-27-12-18(23)25;19-16-6-5-15(27-16)18(25)21-10-14(23)9-20-12-1-3-13(4-2-12)22-7-8-26-11-17(22)24;1-2;;/h1-6,14H,7-11H2,(H,21,25);2-7,15,24H,8-12H2,1H3,(H,21,26);1-6,14,20,23H,7-11H2,(H,21,25);1H3;2*1H4/t14-;15-;14-;;;/m000.../s1. The Morgan fingerprint density at radius 3 is 1.33 bits per heavy atom. The maximum atomic E-state index is 12.2. The van der Waals surface area contributed by atoms with Crippen LogP contribution in [0.5, 0.6) is 0 Å². The molecule has 4 aliphatic rings. The molecule has 6 aromatic rings. The maximum absolute atomic E-state index is 12.2. The number of carbonyl (C=O) groups excluding carboxylic acids is 7. The Hall–Kier alpha value is -6.15. The van der Waals surface area contributed by atoms with Gasteiger partial charge in [-0.25, -0.2) is 4.79 Å². The molecule has 476 valence electrons. The highest BCUT2D eigenvalue weighted by Crippen LogP contribution is 2.28. The van der Waals surface area contributed by atoms with Crippen molar-refractivity contribution in [2.24, 2.45) is 0 Å². The normalized spacial score (nSPS) is 16.1. The number of cyclic esters (lactones) is 1. The summed E-state index contributed by atoms with van der Waals surface area (Å²) >= 11 is 23.2. The molecule has 0 saturated carbocycles. The van der Waals surface area contributed by atoms with E-state index in [1.165, 1.54) is 38.9 Å². The third kappa shape index (κ3) is 21.5. The highest BCUT2D eigenvalue weighted by atomic mass is 127. The molecule has 0 bridgehead atoms. The van der Waals surface area contributed by atoms with Crippen molar-refractivity contribution in [3.8, 4) is 0 Å². The highest BCUT2D eigenvalue weighted by molar-refractivity contribution is 14.1. The SMILES string of the molecule is C.C.CI.CN(C[C@@H](O)CNC(=O)c1ccc(Cl)s1)c1ccc(N2CCOCC2=O)cc1.O=C(NC[C@@H](O)CNc1ccc(N2CCOCC2=O)cc1)c1ccc(Cl)s1.O=C(NC[C@H]1CN(c2ccc(N3CCOCC3=O)cc2)C(=O)O1)c1ccc(Cl)s1. The Morgan fingerprint density at radius 2 is 0.932 bits per heavy atom. The van der Waals surface area contributed by atoms with Crippen LogP contribution in [0.1, 0.15) is 43.9 Å². The topological polar surface area (TPSA) is 261 Å². The Morgan fingerprint density at radius 1 is 0.557 bits per heavy atom. The van der Waals surface area contributed by atoms with E-state index in [1.54, 1.807) is 75.4 Å². The zero-order chi connectivity index (χ0) is 61.7. The van der Waals surface area contributed by atoms with Crippen LogP contribution in [0.4, 0.5) is 38.9 Å². The van der Waals surface area contributed by atoms with Crippen LogP contribution >= 0.6 is 91.4 Å². The van der Waals surface area contributed by atoms with E-state index in [9.17, 15) is 43.8 Å². The van der Waals surface area contributed by atoms with Crippen LogP contribution in [0.3, 0.4) is 0 Å². The van der Waals surface area contributed by atoms with Gasteiger partial charge in [-0.3, -0.25) is 33.7 Å². The Labute approximate surface area is 552 Å². The van der Waals surface area contributed by atoms with Gasteiger partial charge in [-0.2, -0.15) is 0 Å². The first kappa shape index (κ1) is 72.6. The summed E-state index contributed by atoms with van der Waals surface area (Å²) in [5.41, 5.74) is 4.78. The summed E-state index contributed by atoms with van der Waals surface area (Å²) in [4.78, 5) is 95.9. The van der Waals surface area contributed by atoms with Gasteiger partial charge in [0.2, 0.25) is 0 Å². The number of halogens is 4. The van der Waals surface area contributed by atoms with Crippen molar-refractivity contribution in [3.05, 3.63) is 137 Å². The molecule has 0 unspecified atom stereocenters. The Kier molecular flexibility index (Phi) is 30.1. The number of carbonyl (C=O) groups is 7. The summed E-state index contributed by atoms with van der Waals surface area (Å²) in [6.07, 6.45) is -2.41. The van der Waals surface area contributed by atoms with E-state index in [-0.39, 0.29) is 96.3 Å². The van der Waals surface area contributed by atoms with E-state index in [0.29, 0.717) is 85.9 Å². The number of nitrogens with one attached hydrogen (secondary N) is 4. The molecule has 29 heteroatoms. The van der Waals surface area contributed by atoms with Crippen molar-refractivity contribution in [1.29, 1.82) is 0 Å². The Bertz CT molecular complexity index is 3230. The number of morpholine rings is 3. The smallest absolute Gasteiger partial charge is 0.414 e. The second kappa shape index (κ2) is 36.5. The van der Waals surface area contributed by atoms with Gasteiger partial charge in [0.15, 0.2) is 0 Å². The lowest BCUT2D eigenvalue weighted by molar-refractivity contribution is -0.126. The fourth-order valence-corrected chi connectivity index (χ4v) is 11.5. The van der Waals surface area contributed by atoms with Gasteiger partial charge in [-0.1, -0.05) is 72.2 Å². The van der Waals surface area contributed by atoms with E-state index in [2.05, 4.69) is 43.9 Å². The monoisotopic (exact) mass is 1440 g/mol. The summed E-state index contributed by atoms with van der Waals surface area (Å²) in [5, 5.41) is 31.5. The zero-order valence-corrected chi connectivity index (χ0v) is 53.5. The van der Waals surface area contributed by atoms with Gasteiger partial charge >= 0.3 is 6.09 Å². The first-order valence-corrected chi connectivity index (χ1v) is 32.4. The molecule has 6 N–H and O–H groups in total. The molecular formula is C59H71Cl3IN9O13S3. The average Bonchev–Trinajstić information content (AvgIpc) is 2.98. The molecule has 4 saturated heterocycles. The van der Waals surface area contributed by atoms with Gasteiger partial charge < -0.3 is 70.0 Å². The number of alkyl halides is 1. The van der Waals surface area contributed by atoms with Gasteiger partial charge in [-0.15, -0.1) is 34.0 Å². The van der Waals surface area contributed by atoms with Crippen LogP contribution < -0.4 is 45.8 Å². The van der Waals surface area contributed by atoms with Crippen molar-refractivity contribution in [1.82, 2.24) is 16.0 Å². The number of amides is 7. The molecule has 88 heavy (non-hydrogen) atoms. The number of benzene rings is 3. The second-order valence-electron chi connectivity index (χ2n) is 19.0. The van der Waals surface area contributed by atoms with Crippen molar-refractivity contribution < 1.29 is 62.7 Å². The summed E-state index contributed by atoms with van der Waals surface area (Å²) in [5.74, 6) is -0.961. The van der Waals surface area contributed by atoms with Crippen molar-refractivity contribution >= 4 is 167 Å². The van der Waals surface area contributed by atoms with Crippen LogP contribution in [0.25, 0.3) is 0 Å². The van der Waals surface area contributed by atoms with Crippen LogP contribution in [-0.4, -0.2) is 181 Å². The predicted molar refractivity (Wildman–Crippen MR) is 359 cm³/mol. The minimum absolute atomic E-state index is 0. The fraction of sp³-hybridized carbons (Fsp3) is 0.373. The van der Waals surface area contributed by atoms with Gasteiger partial charge in [0, 0.05) is 87.0 Å². The number of anilines is 6. The summed E-state index contributed by atoms with van der Waals surface area (Å²) in [6.45, 7) is 4.85. The molecule has 0 spiro atoms. The molecule has 22 nitrogen and oxygen atoms in total. The largest absolute Gasteiger partial charge is 0.442 e. The second-order valence-corrected chi connectivity index (χ2v) is 24.1. The van der Waals surface area contributed by atoms with Gasteiger partial charge in [0.1, 0.15) is 25.9 Å². The summed E-state index contributed by atoms with van der Waals surface area (Å²) < 4.78 is 22.4. The molecule has 10 rings (SSSR count).